The largest absolute Gasteiger partial charge is 0.369 e. The number of anilines is 2. The number of aromatic nitrogens is 2. The third-order valence-electron chi connectivity index (χ3n) is 2.96. The highest BCUT2D eigenvalue weighted by Crippen LogP contribution is 2.13. The lowest BCUT2D eigenvalue weighted by Crippen LogP contribution is -2.21. The number of nitrogens with zero attached hydrogens (tertiary/aromatic N) is 4. The van der Waals surface area contributed by atoms with Crippen LogP contribution in [0, 0.1) is 22.7 Å². The van der Waals surface area contributed by atoms with Gasteiger partial charge in [0.05, 0.1) is 0 Å². The molecule has 1 heterocycles. The summed E-state index contributed by atoms with van der Waals surface area (Å²) in [6.45, 7) is -0.277. The van der Waals surface area contributed by atoms with E-state index in [2.05, 4.69) is 10.3 Å². The molecular formula is C14H11N7O2. The molecule has 0 saturated carbocycles. The summed E-state index contributed by atoms with van der Waals surface area (Å²) >= 11 is 0. The zero-order valence-electron chi connectivity index (χ0n) is 11.8. The van der Waals surface area contributed by atoms with Crippen molar-refractivity contribution in [2.75, 3.05) is 11.1 Å². The molecule has 9 nitrogen and oxygen atoms in total. The Kier molecular flexibility index (Phi) is 4.24. The first-order valence-electron chi connectivity index (χ1n) is 6.32. The minimum absolute atomic E-state index is 0.0794. The van der Waals surface area contributed by atoms with Crippen molar-refractivity contribution in [2.45, 2.75) is 6.54 Å². The molecule has 0 atom stereocenters. The number of carbonyl (C=O) groups is 2. The Morgan fingerprint density at radius 1 is 1.22 bits per heavy atom. The van der Waals surface area contributed by atoms with Gasteiger partial charge in [-0.15, -0.1) is 0 Å². The van der Waals surface area contributed by atoms with Gasteiger partial charge in [0.25, 0.3) is 0 Å². The van der Waals surface area contributed by atoms with E-state index in [1.54, 1.807) is 12.1 Å². The number of imidazole rings is 1. The highest BCUT2D eigenvalue weighted by Gasteiger charge is 2.17. The van der Waals surface area contributed by atoms with Crippen LogP contribution in [0.3, 0.4) is 0 Å². The minimum atomic E-state index is -0.572. The summed E-state index contributed by atoms with van der Waals surface area (Å²) in [7, 11) is 0. The van der Waals surface area contributed by atoms with E-state index >= 15 is 0 Å². The second-order valence-electron chi connectivity index (χ2n) is 4.47. The highest BCUT2D eigenvalue weighted by atomic mass is 16.2. The number of nitrogens with two attached hydrogens (primary N) is 2. The van der Waals surface area contributed by atoms with Crippen LogP contribution < -0.4 is 16.8 Å². The number of carbonyl (C=O) groups excluding carboxylic acids is 2. The Labute approximate surface area is 130 Å². The molecule has 23 heavy (non-hydrogen) atoms. The SMILES string of the molecule is N#Cc1nc(N)n(CC(=O)Nc2ccc(C(N)=O)cc2)c1C#N. The molecule has 2 rings (SSSR count). The molecule has 9 heteroatoms. The summed E-state index contributed by atoms with van der Waals surface area (Å²) in [5.41, 5.74) is 11.3. The van der Waals surface area contributed by atoms with Gasteiger partial charge < -0.3 is 16.8 Å². The number of rotatable bonds is 4. The number of hydrogen-bond donors (Lipinski definition) is 3. The first kappa shape index (κ1) is 15.5. The quantitative estimate of drug-likeness (QED) is 0.716. The predicted octanol–water partition coefficient (Wildman–Crippen LogP) is -0.0537. The standard InChI is InChI=1S/C14H11N7O2/c15-5-10-11(6-16)21(14(18)20-10)7-12(22)19-9-3-1-8(2-4-9)13(17)23/h1-4H,7H2,(H2,17,23)(H2,18,20)(H,19,22). The van der Waals surface area contributed by atoms with Crippen molar-refractivity contribution in [2.24, 2.45) is 5.73 Å². The fraction of sp³-hybridized carbons (Fsp3) is 0.0714. The lowest BCUT2D eigenvalue weighted by Gasteiger charge is -2.08. The molecule has 1 aromatic heterocycles. The molecular weight excluding hydrogens is 298 g/mol. The van der Waals surface area contributed by atoms with Crippen molar-refractivity contribution in [1.29, 1.82) is 10.5 Å². The van der Waals surface area contributed by atoms with Crippen molar-refractivity contribution in [3.63, 3.8) is 0 Å². The van der Waals surface area contributed by atoms with Gasteiger partial charge in [-0.3, -0.25) is 14.2 Å². The lowest BCUT2D eigenvalue weighted by atomic mass is 10.2. The Morgan fingerprint density at radius 3 is 2.39 bits per heavy atom. The van der Waals surface area contributed by atoms with E-state index in [0.717, 1.165) is 4.57 Å². The summed E-state index contributed by atoms with van der Waals surface area (Å²) < 4.78 is 1.14. The van der Waals surface area contributed by atoms with Crippen LogP contribution in [0.1, 0.15) is 21.7 Å². The van der Waals surface area contributed by atoms with Gasteiger partial charge in [-0.2, -0.15) is 10.5 Å². The second kappa shape index (κ2) is 6.28. The van der Waals surface area contributed by atoms with E-state index in [4.69, 9.17) is 22.0 Å². The lowest BCUT2D eigenvalue weighted by molar-refractivity contribution is -0.116. The maximum absolute atomic E-state index is 12.0. The summed E-state index contributed by atoms with van der Waals surface area (Å²) in [4.78, 5) is 26.7. The summed E-state index contributed by atoms with van der Waals surface area (Å²) in [5, 5.41) is 20.5. The number of primary amides is 1. The van der Waals surface area contributed by atoms with Crippen LogP contribution in [0.4, 0.5) is 11.6 Å². The molecule has 1 aromatic carbocycles. The Morgan fingerprint density at radius 2 is 1.87 bits per heavy atom. The third kappa shape index (κ3) is 3.25. The number of hydrogen-bond acceptors (Lipinski definition) is 6. The molecule has 0 aliphatic rings. The van der Waals surface area contributed by atoms with E-state index in [-0.39, 0.29) is 23.9 Å². The predicted molar refractivity (Wildman–Crippen MR) is 79.7 cm³/mol. The van der Waals surface area contributed by atoms with Crippen LogP contribution in [-0.4, -0.2) is 21.4 Å². The van der Waals surface area contributed by atoms with Crippen molar-refractivity contribution in [1.82, 2.24) is 9.55 Å². The monoisotopic (exact) mass is 309 g/mol. The Balaban J connectivity index is 2.15. The van der Waals surface area contributed by atoms with Gasteiger partial charge in [0, 0.05) is 11.3 Å². The molecule has 114 valence electrons. The molecule has 2 amide bonds. The Hall–Kier alpha value is -3.85. The van der Waals surface area contributed by atoms with Crippen LogP contribution in [0.5, 0.6) is 0 Å². The van der Waals surface area contributed by atoms with Gasteiger partial charge in [-0.25, -0.2) is 4.98 Å². The fourth-order valence-corrected chi connectivity index (χ4v) is 1.88. The van der Waals surface area contributed by atoms with E-state index in [1.807, 2.05) is 0 Å². The number of benzene rings is 1. The topological polar surface area (TPSA) is 164 Å². The summed E-state index contributed by atoms with van der Waals surface area (Å²) in [6, 6.07) is 9.50. The van der Waals surface area contributed by atoms with Crippen LogP contribution in [0.2, 0.25) is 0 Å². The first-order chi connectivity index (χ1) is 11.0. The second-order valence-corrected chi connectivity index (χ2v) is 4.47. The van der Waals surface area contributed by atoms with Gasteiger partial charge in [-0.05, 0) is 24.3 Å². The number of nitriles is 2. The number of nitrogen functional groups attached to an aromatic ring is 1. The van der Waals surface area contributed by atoms with E-state index in [0.29, 0.717) is 11.3 Å². The molecule has 2 aromatic rings. The molecule has 5 N–H and O–H groups in total. The third-order valence-corrected chi connectivity index (χ3v) is 2.96. The maximum Gasteiger partial charge on any atom is 0.248 e. The summed E-state index contributed by atoms with van der Waals surface area (Å²) in [6.07, 6.45) is 0. The van der Waals surface area contributed by atoms with Gasteiger partial charge >= 0.3 is 0 Å². The fourth-order valence-electron chi connectivity index (χ4n) is 1.88. The molecule has 0 radical (unpaired) electrons. The van der Waals surface area contributed by atoms with E-state index in [1.165, 1.54) is 24.3 Å². The molecule has 0 bridgehead atoms. The first-order valence-corrected chi connectivity index (χ1v) is 6.32. The zero-order valence-corrected chi connectivity index (χ0v) is 11.8. The number of nitrogens with one attached hydrogen (secondary N) is 1. The van der Waals surface area contributed by atoms with Gasteiger partial charge in [0.1, 0.15) is 18.7 Å². The normalized spacial score (nSPS) is 9.65. The molecule has 0 aliphatic heterocycles. The van der Waals surface area contributed by atoms with Crippen molar-refractivity contribution in [3.8, 4) is 12.1 Å². The highest BCUT2D eigenvalue weighted by molar-refractivity contribution is 5.94. The molecule has 0 fully saturated rings. The van der Waals surface area contributed by atoms with Crippen molar-refractivity contribution >= 4 is 23.5 Å². The van der Waals surface area contributed by atoms with Crippen LogP contribution in [-0.2, 0) is 11.3 Å². The van der Waals surface area contributed by atoms with Gasteiger partial charge in [0.2, 0.25) is 17.8 Å². The molecule has 0 saturated heterocycles. The average molecular weight is 309 g/mol. The molecule has 0 unspecified atom stereocenters. The Bertz CT molecular complexity index is 853. The summed E-state index contributed by atoms with van der Waals surface area (Å²) in [5.74, 6) is -1.14. The van der Waals surface area contributed by atoms with Crippen molar-refractivity contribution in [3.05, 3.63) is 41.2 Å². The van der Waals surface area contributed by atoms with Crippen LogP contribution in [0.25, 0.3) is 0 Å². The van der Waals surface area contributed by atoms with Gasteiger partial charge in [-0.1, -0.05) is 0 Å². The maximum atomic E-state index is 12.0. The average Bonchev–Trinajstić information content (AvgIpc) is 2.83. The van der Waals surface area contributed by atoms with Crippen molar-refractivity contribution < 1.29 is 9.59 Å². The van der Waals surface area contributed by atoms with E-state index < -0.39 is 11.8 Å². The number of amides is 2. The zero-order chi connectivity index (χ0) is 17.0. The minimum Gasteiger partial charge on any atom is -0.369 e. The smallest absolute Gasteiger partial charge is 0.248 e. The van der Waals surface area contributed by atoms with Gasteiger partial charge in [0.15, 0.2) is 11.4 Å². The molecule has 0 spiro atoms. The molecule has 0 aliphatic carbocycles. The van der Waals surface area contributed by atoms with Crippen LogP contribution >= 0.6 is 0 Å². The van der Waals surface area contributed by atoms with Crippen LogP contribution in [0.15, 0.2) is 24.3 Å². The van der Waals surface area contributed by atoms with E-state index in [9.17, 15) is 9.59 Å².